The molecule has 0 heterocycles. The van der Waals surface area contributed by atoms with Gasteiger partial charge in [-0.3, -0.25) is 0 Å². The minimum Gasteiger partial charge on any atom is -0.396 e. The molecule has 0 saturated heterocycles. The van der Waals surface area contributed by atoms with Crippen LogP contribution in [0.15, 0.2) is 0 Å². The smallest absolute Gasteiger partial charge is 0.129 e. The third kappa shape index (κ3) is 25.7. The number of aliphatic hydroxyl groups excluding tert-OH is 1. The van der Waals surface area contributed by atoms with Crippen molar-refractivity contribution >= 4 is 5.78 Å². The topological polar surface area (TPSA) is 37.3 Å². The van der Waals surface area contributed by atoms with Gasteiger partial charge in [-0.1, -0.05) is 41.5 Å². The zero-order valence-electron chi connectivity index (χ0n) is 12.9. The van der Waals surface area contributed by atoms with Gasteiger partial charge in [0.2, 0.25) is 0 Å². The Bertz CT molecular complexity index is 194. The SMILES string of the molecule is CC(=O)CCC(C)(C)C.CC(C)(C)CCCO. The molecule has 0 amide bonds. The molecule has 104 valence electrons. The maximum absolute atomic E-state index is 10.5. The van der Waals surface area contributed by atoms with E-state index >= 15 is 0 Å². The molecule has 1 N–H and O–H groups in total. The average Bonchev–Trinajstić information content (AvgIpc) is 2.10. The summed E-state index contributed by atoms with van der Waals surface area (Å²) in [5.74, 6) is 0.296. The van der Waals surface area contributed by atoms with E-state index in [2.05, 4.69) is 41.5 Å². The molecule has 0 saturated carbocycles. The number of hydrogen-bond acceptors (Lipinski definition) is 2. The number of ketones is 1. The highest BCUT2D eigenvalue weighted by Crippen LogP contribution is 2.20. The van der Waals surface area contributed by atoms with Gasteiger partial charge in [0.05, 0.1) is 0 Å². The monoisotopic (exact) mass is 244 g/mol. The van der Waals surface area contributed by atoms with Gasteiger partial charge in [0, 0.05) is 13.0 Å². The van der Waals surface area contributed by atoms with Gasteiger partial charge in [0.1, 0.15) is 5.78 Å². The van der Waals surface area contributed by atoms with Crippen LogP contribution in [0.5, 0.6) is 0 Å². The Morgan fingerprint density at radius 3 is 1.47 bits per heavy atom. The van der Waals surface area contributed by atoms with E-state index in [-0.39, 0.29) is 0 Å². The van der Waals surface area contributed by atoms with Crippen molar-refractivity contribution in [3.63, 3.8) is 0 Å². The van der Waals surface area contributed by atoms with Crippen LogP contribution in [0.2, 0.25) is 0 Å². The van der Waals surface area contributed by atoms with Crippen molar-refractivity contribution in [3.8, 4) is 0 Å². The maximum atomic E-state index is 10.5. The highest BCUT2D eigenvalue weighted by Gasteiger charge is 2.10. The quantitative estimate of drug-likeness (QED) is 0.804. The van der Waals surface area contributed by atoms with Gasteiger partial charge in [0.15, 0.2) is 0 Å². The second-order valence-electron chi connectivity index (χ2n) is 7.15. The van der Waals surface area contributed by atoms with E-state index in [0.29, 0.717) is 23.2 Å². The summed E-state index contributed by atoms with van der Waals surface area (Å²) in [6.07, 6.45) is 3.78. The van der Waals surface area contributed by atoms with E-state index in [1.165, 1.54) is 0 Å². The lowest BCUT2D eigenvalue weighted by atomic mass is 9.90. The van der Waals surface area contributed by atoms with Gasteiger partial charge in [-0.15, -0.1) is 0 Å². The van der Waals surface area contributed by atoms with Crippen LogP contribution in [0.3, 0.4) is 0 Å². The fourth-order valence-corrected chi connectivity index (χ4v) is 1.16. The molecule has 0 aromatic heterocycles. The van der Waals surface area contributed by atoms with Crippen LogP contribution in [0.25, 0.3) is 0 Å². The van der Waals surface area contributed by atoms with Crippen molar-refractivity contribution in [3.05, 3.63) is 0 Å². The summed E-state index contributed by atoms with van der Waals surface area (Å²) >= 11 is 0. The zero-order chi connectivity index (χ0) is 14.1. The Labute approximate surface area is 108 Å². The molecule has 0 aliphatic heterocycles. The minimum absolute atomic E-state index is 0.296. The normalized spacial score (nSPS) is 11.8. The van der Waals surface area contributed by atoms with Crippen molar-refractivity contribution in [2.24, 2.45) is 10.8 Å². The van der Waals surface area contributed by atoms with Crippen molar-refractivity contribution < 1.29 is 9.90 Å². The molecule has 0 aromatic carbocycles. The third-order valence-corrected chi connectivity index (χ3v) is 2.31. The summed E-state index contributed by atoms with van der Waals surface area (Å²) in [5.41, 5.74) is 0.703. The lowest BCUT2D eigenvalue weighted by Crippen LogP contribution is -2.06. The molecule has 0 rings (SSSR count). The van der Waals surface area contributed by atoms with E-state index in [9.17, 15) is 4.79 Å². The number of carbonyl (C=O) groups is 1. The van der Waals surface area contributed by atoms with Crippen molar-refractivity contribution in [1.29, 1.82) is 0 Å². The second kappa shape index (κ2) is 8.68. The van der Waals surface area contributed by atoms with Crippen LogP contribution >= 0.6 is 0 Å². The van der Waals surface area contributed by atoms with Gasteiger partial charge < -0.3 is 9.90 Å². The van der Waals surface area contributed by atoms with Crippen LogP contribution in [0.1, 0.15) is 74.1 Å². The summed E-state index contributed by atoms with van der Waals surface area (Å²) < 4.78 is 0. The molecule has 0 radical (unpaired) electrons. The fraction of sp³-hybridized carbons (Fsp3) is 0.933. The standard InChI is InChI=1S/C8H16O.C7H16O/c1-7(9)5-6-8(2,3)4;1-7(2,3)5-4-6-8/h5-6H2,1-4H3;8H,4-6H2,1-3H3. The van der Waals surface area contributed by atoms with Crippen LogP contribution in [-0.2, 0) is 4.79 Å². The van der Waals surface area contributed by atoms with Crippen LogP contribution in [0.4, 0.5) is 0 Å². The Hall–Kier alpha value is -0.370. The Morgan fingerprint density at radius 1 is 0.941 bits per heavy atom. The molecule has 0 aromatic rings. The molecule has 0 atom stereocenters. The summed E-state index contributed by atoms with van der Waals surface area (Å²) in [5, 5.41) is 8.43. The summed E-state index contributed by atoms with van der Waals surface area (Å²) in [4.78, 5) is 10.5. The molecular weight excluding hydrogens is 212 g/mol. The second-order valence-corrected chi connectivity index (χ2v) is 7.15. The van der Waals surface area contributed by atoms with Gasteiger partial charge >= 0.3 is 0 Å². The number of carbonyl (C=O) groups excluding carboxylic acids is 1. The Balaban J connectivity index is 0. The molecule has 0 spiro atoms. The minimum atomic E-state index is 0.296. The molecule has 0 unspecified atom stereocenters. The first-order valence-corrected chi connectivity index (χ1v) is 6.58. The Morgan fingerprint density at radius 2 is 1.35 bits per heavy atom. The zero-order valence-corrected chi connectivity index (χ0v) is 12.9. The molecule has 0 aliphatic carbocycles. The van der Waals surface area contributed by atoms with Gasteiger partial charge in [0.25, 0.3) is 0 Å². The number of Topliss-reactive ketones (excluding diaryl/α,β-unsaturated/α-hetero) is 1. The molecule has 0 fully saturated rings. The van der Waals surface area contributed by atoms with Crippen LogP contribution in [-0.4, -0.2) is 17.5 Å². The number of aliphatic hydroxyl groups is 1. The highest BCUT2D eigenvalue weighted by atomic mass is 16.2. The molecule has 0 aliphatic rings. The fourth-order valence-electron chi connectivity index (χ4n) is 1.16. The van der Waals surface area contributed by atoms with E-state index in [0.717, 1.165) is 25.7 Å². The predicted octanol–water partition coefficient (Wildman–Crippen LogP) is 4.21. The van der Waals surface area contributed by atoms with E-state index < -0.39 is 0 Å². The first kappa shape index (κ1) is 19.0. The van der Waals surface area contributed by atoms with Gasteiger partial charge in [-0.25, -0.2) is 0 Å². The first-order valence-electron chi connectivity index (χ1n) is 6.58. The lowest BCUT2D eigenvalue weighted by molar-refractivity contribution is -0.117. The Kier molecular flexibility index (Phi) is 9.69. The average molecular weight is 244 g/mol. The molecule has 0 bridgehead atoms. The van der Waals surface area contributed by atoms with Crippen molar-refractivity contribution in [2.75, 3.05) is 6.61 Å². The number of hydrogen-bond donors (Lipinski definition) is 1. The largest absolute Gasteiger partial charge is 0.396 e. The molecule has 17 heavy (non-hydrogen) atoms. The molecule has 2 nitrogen and oxygen atoms in total. The summed E-state index contributed by atoms with van der Waals surface area (Å²) in [6, 6.07) is 0. The molecular formula is C15H32O2. The van der Waals surface area contributed by atoms with Crippen LogP contribution < -0.4 is 0 Å². The maximum Gasteiger partial charge on any atom is 0.129 e. The van der Waals surface area contributed by atoms with E-state index in [4.69, 9.17) is 5.11 Å². The van der Waals surface area contributed by atoms with E-state index in [1.54, 1.807) is 6.92 Å². The van der Waals surface area contributed by atoms with E-state index in [1.807, 2.05) is 0 Å². The van der Waals surface area contributed by atoms with Gasteiger partial charge in [-0.05, 0) is 37.0 Å². The highest BCUT2D eigenvalue weighted by molar-refractivity contribution is 5.75. The predicted molar refractivity (Wildman–Crippen MR) is 75.1 cm³/mol. The van der Waals surface area contributed by atoms with Gasteiger partial charge in [-0.2, -0.15) is 0 Å². The third-order valence-electron chi connectivity index (χ3n) is 2.31. The molecule has 2 heteroatoms. The van der Waals surface area contributed by atoms with Crippen molar-refractivity contribution in [1.82, 2.24) is 0 Å². The number of rotatable bonds is 4. The summed E-state index contributed by atoms with van der Waals surface area (Å²) in [7, 11) is 0. The van der Waals surface area contributed by atoms with Crippen molar-refractivity contribution in [2.45, 2.75) is 74.1 Å². The first-order chi connectivity index (χ1) is 7.48. The van der Waals surface area contributed by atoms with Crippen LogP contribution in [0, 0.1) is 10.8 Å². The lowest BCUT2D eigenvalue weighted by Gasteiger charge is -2.16. The summed E-state index contributed by atoms with van der Waals surface area (Å²) in [6.45, 7) is 15.0.